The van der Waals surface area contributed by atoms with Gasteiger partial charge in [-0.25, -0.2) is 4.79 Å². The van der Waals surface area contributed by atoms with Crippen molar-refractivity contribution in [2.24, 2.45) is 34.8 Å². The van der Waals surface area contributed by atoms with Crippen LogP contribution in [-0.2, 0) is 97.6 Å². The lowest BCUT2D eigenvalue weighted by Crippen LogP contribution is -2.61. The second-order valence-corrected chi connectivity index (χ2v) is 28.0. The molecule has 622 valence electrons. The molecule has 5 rings (SSSR count). The number of aromatic amines is 1. The van der Waals surface area contributed by atoms with Gasteiger partial charge in [0.1, 0.15) is 71.9 Å². The number of rotatable bonds is 48. The number of H-pyrrole nitrogens is 1. The summed E-state index contributed by atoms with van der Waals surface area (Å²) < 4.78 is 0. The van der Waals surface area contributed by atoms with Gasteiger partial charge in [0.15, 0.2) is 11.9 Å². The Hall–Kier alpha value is -13.4. The van der Waals surface area contributed by atoms with Crippen LogP contribution in [0.2, 0.25) is 0 Å². The monoisotopic (exact) mass is 1600 g/mol. The first-order chi connectivity index (χ1) is 54.3. The minimum atomic E-state index is -2.00. The van der Waals surface area contributed by atoms with Crippen molar-refractivity contribution in [2.45, 2.75) is 171 Å². The van der Waals surface area contributed by atoms with Crippen molar-refractivity contribution in [1.82, 2.24) is 74.1 Å². The van der Waals surface area contributed by atoms with Crippen LogP contribution in [0.4, 0.5) is 0 Å². The standard InChI is InChI=1S/C75H102N20O20/c1-38(2)28-50(88-63(104)47(76)15-10-26-82-74(78)79)66(107)93-56(34-60(100)101)64(105)85-37-59(99)86-51(30-41-18-22-44(96)23-19-41)67(108)92-55(33-58(77)98)71(112)90-53(31-42-20-24-45(97)25-21-42)68(109)87-49(17-11-27-83-75(80)81)65(106)91-54(32-43-36-84-48-16-9-8-14-46(43)48)70(111)89-52(29-40-12-6-5-7-13-40)69(110)94-57(35-61(102)103)72(113)95-62(39(3)4)73(114)115/h5-9,12-14,16,18-25,36,38-39,47,49-57,62,84,96-97H,10-11,15,17,26-35,37,76H2,1-4H3,(H2,77,98)(H,85,105)(H,86,99)(H,87,109)(H,88,104)(H,89,111)(H,90,112)(H,91,106)(H,92,108)(H,93,107)(H,94,110)(H,95,113)(H,100,101)(H,102,103)(H,114,115)(H4,78,79,82)(H4,80,81,83)/t47-,49-,50-,51-,52-,53-,54-,55-,56-,57-,62-/m0/s1. The lowest BCUT2D eigenvalue weighted by atomic mass is 10.0. The number of guanidine groups is 2. The van der Waals surface area contributed by atoms with Crippen molar-refractivity contribution in [1.29, 1.82) is 10.8 Å². The third-order valence-electron chi connectivity index (χ3n) is 17.7. The van der Waals surface area contributed by atoms with E-state index in [-0.39, 0.29) is 86.1 Å². The highest BCUT2D eigenvalue weighted by molar-refractivity contribution is 6.01. The Balaban J connectivity index is 1.46. The fourth-order valence-electron chi connectivity index (χ4n) is 11.8. The number of phenols is 2. The van der Waals surface area contributed by atoms with Crippen LogP contribution >= 0.6 is 0 Å². The van der Waals surface area contributed by atoms with E-state index in [0.717, 1.165) is 0 Å². The van der Waals surface area contributed by atoms with Gasteiger partial charge in [-0.05, 0) is 96.5 Å². The van der Waals surface area contributed by atoms with Gasteiger partial charge >= 0.3 is 17.9 Å². The normalized spacial score (nSPS) is 13.9. The number of aliphatic carboxylic acids is 3. The minimum absolute atomic E-state index is 0.00581. The summed E-state index contributed by atoms with van der Waals surface area (Å²) in [6.07, 6.45) is -3.01. The SMILES string of the molecule is CC(C)C[C@H](NC(=O)[C@@H](N)CCCNC(=N)N)C(=O)N[C@@H](CC(=O)O)C(=O)NCC(=O)N[C@@H](Cc1ccc(O)cc1)C(=O)N[C@@H](CC(N)=O)C(=O)N[C@@H](Cc1ccc(O)cc1)C(=O)N[C@@H](CCCNC(=N)N)C(=O)N[C@@H](Cc1c[nH]c2ccccc12)C(=O)N[C@@H](Cc1ccccc1)C(=O)N[C@@H](CC(=O)O)C(=O)N[C@H](C(=O)O)C(C)C. The summed E-state index contributed by atoms with van der Waals surface area (Å²) >= 11 is 0. The fraction of sp³-hybridized carbons (Fsp3) is 0.427. The highest BCUT2D eigenvalue weighted by atomic mass is 16.4. The molecule has 0 saturated heterocycles. The van der Waals surface area contributed by atoms with E-state index in [9.17, 15) is 83.1 Å². The van der Waals surface area contributed by atoms with Gasteiger partial charge < -0.3 is 123 Å². The maximum absolute atomic E-state index is 15.2. The van der Waals surface area contributed by atoms with Crippen LogP contribution in [0.1, 0.15) is 101 Å². The van der Waals surface area contributed by atoms with E-state index < -0.39 is 206 Å². The summed E-state index contributed by atoms with van der Waals surface area (Å²) in [5, 5.41) is 97.5. The average molecular weight is 1600 g/mol. The molecule has 0 spiro atoms. The number of aromatic nitrogens is 1. The van der Waals surface area contributed by atoms with Gasteiger partial charge in [0.2, 0.25) is 70.9 Å². The molecule has 5 aromatic rings. The zero-order valence-electron chi connectivity index (χ0n) is 63.7. The van der Waals surface area contributed by atoms with Crippen LogP contribution in [0, 0.1) is 22.7 Å². The number of hydrogen-bond acceptors (Lipinski definition) is 20. The second-order valence-electron chi connectivity index (χ2n) is 28.0. The van der Waals surface area contributed by atoms with Crippen molar-refractivity contribution < 1.29 is 97.5 Å². The van der Waals surface area contributed by atoms with Crippen LogP contribution in [0.15, 0.2) is 109 Å². The fourth-order valence-corrected chi connectivity index (χ4v) is 11.8. The van der Waals surface area contributed by atoms with E-state index in [4.69, 9.17) is 33.8 Å². The van der Waals surface area contributed by atoms with Crippen LogP contribution in [0.25, 0.3) is 10.9 Å². The van der Waals surface area contributed by atoms with Crippen molar-refractivity contribution in [2.75, 3.05) is 19.6 Å². The van der Waals surface area contributed by atoms with Crippen LogP contribution in [0.5, 0.6) is 11.5 Å². The first-order valence-electron chi connectivity index (χ1n) is 36.7. The molecule has 0 fully saturated rings. The summed E-state index contributed by atoms with van der Waals surface area (Å²) in [6, 6.07) is 7.08. The molecule has 1 aromatic heterocycles. The molecule has 0 unspecified atom stereocenters. The Labute approximate surface area is 660 Å². The lowest BCUT2D eigenvalue weighted by molar-refractivity contribution is -0.144. The van der Waals surface area contributed by atoms with Crippen molar-refractivity contribution >= 4 is 112 Å². The zero-order chi connectivity index (χ0) is 85.2. The highest BCUT2D eigenvalue weighted by Crippen LogP contribution is 2.21. The van der Waals surface area contributed by atoms with Gasteiger partial charge in [-0.15, -0.1) is 0 Å². The van der Waals surface area contributed by atoms with Gasteiger partial charge in [-0.1, -0.05) is 100 Å². The maximum atomic E-state index is 15.2. The highest BCUT2D eigenvalue weighted by Gasteiger charge is 2.38. The number of carbonyl (C=O) groups excluding carboxylic acids is 12. The molecule has 11 atom stereocenters. The largest absolute Gasteiger partial charge is 0.508 e. The van der Waals surface area contributed by atoms with Crippen molar-refractivity contribution in [3.63, 3.8) is 0 Å². The van der Waals surface area contributed by atoms with Gasteiger partial charge in [0.05, 0.1) is 31.8 Å². The molecule has 4 aromatic carbocycles. The van der Waals surface area contributed by atoms with Crippen LogP contribution in [-0.4, -0.2) is 217 Å². The number of phenolic OH excluding ortho intramolecular Hbond substituents is 2. The summed E-state index contributed by atoms with van der Waals surface area (Å²) in [7, 11) is 0. The predicted molar refractivity (Wildman–Crippen MR) is 415 cm³/mol. The molecule has 40 nitrogen and oxygen atoms in total. The predicted octanol–water partition coefficient (Wildman–Crippen LogP) is -3.72. The smallest absolute Gasteiger partial charge is 0.326 e. The van der Waals surface area contributed by atoms with Crippen molar-refractivity contribution in [3.05, 3.63) is 132 Å². The van der Waals surface area contributed by atoms with Crippen LogP contribution < -0.4 is 92.1 Å². The lowest BCUT2D eigenvalue weighted by Gasteiger charge is -2.28. The molecular formula is C75H102N20O20. The molecule has 0 aliphatic rings. The summed E-state index contributed by atoms with van der Waals surface area (Å²) in [4.78, 5) is 210. The Morgan fingerprint density at radius 3 is 1.28 bits per heavy atom. The number of carboxylic acid groups (broad SMARTS) is 3. The first-order valence-corrected chi connectivity index (χ1v) is 36.7. The zero-order valence-corrected chi connectivity index (χ0v) is 63.7. The van der Waals surface area contributed by atoms with Gasteiger partial charge in [-0.2, -0.15) is 0 Å². The third kappa shape index (κ3) is 32.4. The number of carboxylic acids is 3. The molecule has 0 saturated carbocycles. The summed E-state index contributed by atoms with van der Waals surface area (Å²) in [5.74, 6) is -20.0. The quantitative estimate of drug-likeness (QED) is 0.0101. The Morgan fingerprint density at radius 2 is 0.809 bits per heavy atom. The molecule has 1 heterocycles. The number of nitrogens with one attached hydrogen (secondary N) is 16. The van der Waals surface area contributed by atoms with E-state index >= 15 is 14.4 Å². The molecule has 0 aliphatic heterocycles. The number of fused-ring (bicyclic) bond motifs is 1. The average Bonchev–Trinajstić information content (AvgIpc) is 1.79. The number of hydrogen-bond donors (Lipinski definition) is 25. The summed E-state index contributed by atoms with van der Waals surface area (Å²) in [5.41, 5.74) is 24.6. The molecule has 0 aliphatic carbocycles. The van der Waals surface area contributed by atoms with Gasteiger partial charge in [0.25, 0.3) is 0 Å². The minimum Gasteiger partial charge on any atom is -0.508 e. The van der Waals surface area contributed by atoms with Crippen LogP contribution in [0.3, 0.4) is 0 Å². The first kappa shape index (κ1) is 92.2. The van der Waals surface area contributed by atoms with E-state index in [1.807, 2.05) is 0 Å². The molecule has 0 radical (unpaired) electrons. The number of para-hydroxylation sites is 1. The van der Waals surface area contributed by atoms with E-state index in [0.29, 0.717) is 28.5 Å². The molecular weight excluding hydrogens is 1500 g/mol. The number of benzene rings is 4. The summed E-state index contributed by atoms with van der Waals surface area (Å²) in [6.45, 7) is 5.54. The number of primary amides is 1. The van der Waals surface area contributed by atoms with E-state index in [1.165, 1.54) is 62.4 Å². The Morgan fingerprint density at radius 1 is 0.417 bits per heavy atom. The topological polar surface area (TPSA) is 681 Å². The molecule has 40 heteroatoms. The number of aromatic hydroxyl groups is 2. The van der Waals surface area contributed by atoms with Crippen molar-refractivity contribution in [3.8, 4) is 11.5 Å². The molecule has 0 bridgehead atoms. The number of carbonyl (C=O) groups is 15. The van der Waals surface area contributed by atoms with E-state index in [1.54, 1.807) is 74.6 Å². The van der Waals surface area contributed by atoms with Gasteiger partial charge in [-0.3, -0.25) is 77.9 Å². The molecule has 115 heavy (non-hydrogen) atoms. The Kier molecular flexibility index (Phi) is 36.7. The number of amides is 12. The number of nitrogens with two attached hydrogens (primary N) is 4. The second kappa shape index (κ2) is 45.8. The molecule has 12 amide bonds. The van der Waals surface area contributed by atoms with E-state index in [2.05, 4.69) is 74.1 Å². The van der Waals surface area contributed by atoms with Gasteiger partial charge in [0, 0.05) is 55.9 Å². The Bertz CT molecular complexity index is 4260. The third-order valence-corrected chi connectivity index (χ3v) is 17.7. The molecule has 29 N–H and O–H groups in total. The maximum Gasteiger partial charge on any atom is 0.326 e.